The molecule has 8 heteroatoms. The van der Waals surface area contributed by atoms with E-state index in [0.717, 1.165) is 23.6 Å². The summed E-state index contributed by atoms with van der Waals surface area (Å²) in [7, 11) is 1.66. The molecule has 1 aromatic carbocycles. The third kappa shape index (κ3) is 6.16. The molecule has 1 N–H and O–H groups in total. The molecule has 1 aliphatic rings. The Morgan fingerprint density at radius 1 is 1.17 bits per heavy atom. The average Bonchev–Trinajstić information content (AvgIpc) is 3.52. The minimum atomic E-state index is -0.424. The summed E-state index contributed by atoms with van der Waals surface area (Å²) < 4.78 is 12.5. The number of hydrogen-bond donors (Lipinski definition) is 1. The highest BCUT2D eigenvalue weighted by Gasteiger charge is 2.22. The van der Waals surface area contributed by atoms with Gasteiger partial charge in [-0.25, -0.2) is 9.78 Å². The van der Waals surface area contributed by atoms with Gasteiger partial charge in [-0.3, -0.25) is 4.79 Å². The van der Waals surface area contributed by atoms with Crippen molar-refractivity contribution in [2.24, 2.45) is 5.92 Å². The fourth-order valence-corrected chi connectivity index (χ4v) is 5.51. The normalized spacial score (nSPS) is 14.0. The number of esters is 1. The fraction of sp³-hybridized carbons (Fsp3) is 0.464. The van der Waals surface area contributed by atoms with Gasteiger partial charge in [-0.1, -0.05) is 31.4 Å². The van der Waals surface area contributed by atoms with E-state index in [2.05, 4.69) is 27.0 Å². The first-order valence-corrected chi connectivity index (χ1v) is 13.6. The van der Waals surface area contributed by atoms with Crippen LogP contribution in [-0.4, -0.2) is 41.7 Å². The van der Waals surface area contributed by atoms with E-state index in [9.17, 15) is 9.59 Å². The summed E-state index contributed by atoms with van der Waals surface area (Å²) in [6.07, 6.45) is 6.94. The maximum atomic E-state index is 13.2. The number of nitrogens with zero attached hydrogens (tertiary/aromatic N) is 2. The topological polar surface area (TPSA) is 82.5 Å². The quantitative estimate of drug-likeness (QED) is 0.357. The van der Waals surface area contributed by atoms with Crippen molar-refractivity contribution < 1.29 is 19.1 Å². The maximum Gasteiger partial charge on any atom is 0.367 e. The van der Waals surface area contributed by atoms with Crippen LogP contribution in [0.1, 0.15) is 70.4 Å². The summed E-state index contributed by atoms with van der Waals surface area (Å²) in [5.74, 6) is 0.906. The number of rotatable bonds is 10. The van der Waals surface area contributed by atoms with Gasteiger partial charge in [0.25, 0.3) is 5.91 Å². The standard InChI is InChI=1S/C28H35N3O4S/c1-4-35-28(33)27-30-24(18-36-27)25-16-23(26(32)29-17-21-8-6-5-7-9-21)19(2)31(25)15-14-20-10-12-22(34-3)13-11-20/h10-13,16,18,21H,4-9,14-15,17H2,1-3H3,(H,29,32). The summed E-state index contributed by atoms with van der Waals surface area (Å²) in [5.41, 5.74) is 4.22. The second-order valence-corrected chi connectivity index (χ2v) is 10.1. The fourth-order valence-electron chi connectivity index (χ4n) is 4.81. The highest BCUT2D eigenvalue weighted by atomic mass is 32.1. The van der Waals surface area contributed by atoms with Gasteiger partial charge < -0.3 is 19.4 Å². The van der Waals surface area contributed by atoms with Crippen LogP contribution >= 0.6 is 11.3 Å². The molecule has 0 bridgehead atoms. The predicted octanol–water partition coefficient (Wildman–Crippen LogP) is 5.66. The lowest BCUT2D eigenvalue weighted by Crippen LogP contribution is -2.30. The molecule has 1 amide bonds. The van der Waals surface area contributed by atoms with E-state index in [1.807, 2.05) is 30.5 Å². The second kappa shape index (κ2) is 12.2. The van der Waals surface area contributed by atoms with Crippen molar-refractivity contribution in [3.8, 4) is 17.1 Å². The second-order valence-electron chi connectivity index (χ2n) is 9.25. The smallest absolute Gasteiger partial charge is 0.367 e. The number of carbonyl (C=O) groups is 2. The number of carbonyl (C=O) groups excluding carboxylic acids is 2. The summed E-state index contributed by atoms with van der Waals surface area (Å²) in [4.78, 5) is 30.0. The van der Waals surface area contributed by atoms with Gasteiger partial charge in [0.1, 0.15) is 5.75 Å². The first kappa shape index (κ1) is 25.9. The first-order valence-electron chi connectivity index (χ1n) is 12.7. The summed E-state index contributed by atoms with van der Waals surface area (Å²) in [6, 6.07) is 9.92. The van der Waals surface area contributed by atoms with E-state index >= 15 is 0 Å². The number of hydrogen-bond acceptors (Lipinski definition) is 6. The molecule has 0 atom stereocenters. The van der Waals surface area contributed by atoms with E-state index in [0.29, 0.717) is 41.9 Å². The van der Waals surface area contributed by atoms with Gasteiger partial charge in [0.2, 0.25) is 5.01 Å². The molecule has 0 spiro atoms. The third-order valence-electron chi connectivity index (χ3n) is 6.89. The molecule has 192 valence electrons. The van der Waals surface area contributed by atoms with E-state index < -0.39 is 5.97 Å². The minimum absolute atomic E-state index is 0.0524. The van der Waals surface area contributed by atoms with E-state index in [1.54, 1.807) is 14.0 Å². The van der Waals surface area contributed by atoms with Crippen molar-refractivity contribution in [1.82, 2.24) is 14.9 Å². The summed E-state index contributed by atoms with van der Waals surface area (Å²) >= 11 is 1.26. The molecule has 3 aromatic rings. The molecule has 36 heavy (non-hydrogen) atoms. The van der Waals surface area contributed by atoms with Crippen molar-refractivity contribution in [3.63, 3.8) is 0 Å². The van der Waals surface area contributed by atoms with Crippen LogP contribution in [0.3, 0.4) is 0 Å². The van der Waals surface area contributed by atoms with Crippen LogP contribution in [0.25, 0.3) is 11.4 Å². The van der Waals surface area contributed by atoms with Gasteiger partial charge >= 0.3 is 5.97 Å². The molecular formula is C28H35N3O4S. The van der Waals surface area contributed by atoms with Gasteiger partial charge in [0.05, 0.1) is 30.7 Å². The van der Waals surface area contributed by atoms with Crippen molar-refractivity contribution in [2.45, 2.75) is 58.9 Å². The molecule has 1 aliphatic carbocycles. The molecule has 1 fully saturated rings. The molecule has 2 aromatic heterocycles. The van der Waals surface area contributed by atoms with Crippen molar-refractivity contribution in [3.05, 3.63) is 57.5 Å². The van der Waals surface area contributed by atoms with Crippen molar-refractivity contribution in [1.29, 1.82) is 0 Å². The molecule has 1 saturated carbocycles. The number of aryl methyl sites for hydroxylation is 1. The molecule has 7 nitrogen and oxygen atoms in total. The van der Waals surface area contributed by atoms with Crippen LogP contribution in [0.4, 0.5) is 0 Å². The maximum absolute atomic E-state index is 13.2. The zero-order valence-electron chi connectivity index (χ0n) is 21.3. The Balaban J connectivity index is 1.58. The average molecular weight is 510 g/mol. The first-order chi connectivity index (χ1) is 17.5. The van der Waals surface area contributed by atoms with Gasteiger partial charge in [0, 0.05) is 24.2 Å². The van der Waals surface area contributed by atoms with E-state index in [1.165, 1.54) is 49.0 Å². The Morgan fingerprint density at radius 3 is 2.61 bits per heavy atom. The number of thiazole rings is 1. The molecule has 0 unspecified atom stereocenters. The van der Waals surface area contributed by atoms with Crippen molar-refractivity contribution in [2.75, 3.05) is 20.3 Å². The van der Waals surface area contributed by atoms with Crippen LogP contribution in [0.5, 0.6) is 5.75 Å². The number of benzene rings is 1. The van der Waals surface area contributed by atoms with Crippen LogP contribution in [-0.2, 0) is 17.7 Å². The highest BCUT2D eigenvalue weighted by Crippen LogP contribution is 2.29. The third-order valence-corrected chi connectivity index (χ3v) is 7.71. The zero-order valence-corrected chi connectivity index (χ0v) is 22.2. The Hall–Kier alpha value is -3.13. The minimum Gasteiger partial charge on any atom is -0.497 e. The van der Waals surface area contributed by atoms with Crippen LogP contribution in [0.15, 0.2) is 35.7 Å². The molecule has 0 aliphatic heterocycles. The Bertz CT molecular complexity index is 1180. The molecule has 0 radical (unpaired) electrons. The molecule has 2 heterocycles. The number of amides is 1. The summed E-state index contributed by atoms with van der Waals surface area (Å²) in [6.45, 7) is 5.45. The van der Waals surface area contributed by atoms with Gasteiger partial charge in [-0.2, -0.15) is 0 Å². The van der Waals surface area contributed by atoms with Gasteiger partial charge in [0.15, 0.2) is 0 Å². The Kier molecular flexibility index (Phi) is 8.80. The largest absolute Gasteiger partial charge is 0.497 e. The molecule has 0 saturated heterocycles. The van der Waals surface area contributed by atoms with E-state index in [-0.39, 0.29) is 5.91 Å². The van der Waals surface area contributed by atoms with Crippen LogP contribution < -0.4 is 10.1 Å². The SMILES string of the molecule is CCOC(=O)c1nc(-c2cc(C(=O)NCC3CCCCC3)c(C)n2CCc2ccc(OC)cc2)cs1. The van der Waals surface area contributed by atoms with Crippen molar-refractivity contribution >= 4 is 23.2 Å². The molecular weight excluding hydrogens is 474 g/mol. The lowest BCUT2D eigenvalue weighted by molar-refractivity contribution is 0.0526. The Labute approximate surface area is 216 Å². The lowest BCUT2D eigenvalue weighted by atomic mass is 9.89. The van der Waals surface area contributed by atoms with Crippen LogP contribution in [0.2, 0.25) is 0 Å². The molecule has 4 rings (SSSR count). The van der Waals surface area contributed by atoms with Crippen LogP contribution in [0, 0.1) is 12.8 Å². The highest BCUT2D eigenvalue weighted by molar-refractivity contribution is 7.11. The van der Waals surface area contributed by atoms with E-state index in [4.69, 9.17) is 9.47 Å². The predicted molar refractivity (Wildman–Crippen MR) is 142 cm³/mol. The number of aromatic nitrogens is 2. The monoisotopic (exact) mass is 509 g/mol. The van der Waals surface area contributed by atoms with Gasteiger partial charge in [-0.05, 0) is 62.8 Å². The zero-order chi connectivity index (χ0) is 25.5. The summed E-state index contributed by atoms with van der Waals surface area (Å²) in [5, 5.41) is 5.34. The number of methoxy groups -OCH3 is 1. The number of nitrogens with one attached hydrogen (secondary N) is 1. The lowest BCUT2D eigenvalue weighted by Gasteiger charge is -2.21. The Morgan fingerprint density at radius 2 is 1.92 bits per heavy atom. The number of ether oxygens (including phenoxy) is 2. The van der Waals surface area contributed by atoms with Gasteiger partial charge in [-0.15, -0.1) is 11.3 Å².